The predicted molar refractivity (Wildman–Crippen MR) is 58.3 cm³/mol. The van der Waals surface area contributed by atoms with Gasteiger partial charge < -0.3 is 9.47 Å². The van der Waals surface area contributed by atoms with E-state index in [0.29, 0.717) is 6.42 Å². The Morgan fingerprint density at radius 1 is 1.27 bits per heavy atom. The Labute approximate surface area is 90.2 Å². The molecule has 0 fully saturated rings. The molecule has 3 nitrogen and oxygen atoms in total. The molecule has 0 amide bonds. The molecule has 0 N–H and O–H groups in total. The molecule has 0 aliphatic carbocycles. The second-order valence-corrected chi connectivity index (χ2v) is 3.37. The van der Waals surface area contributed by atoms with Gasteiger partial charge in [-0.3, -0.25) is 0 Å². The fourth-order valence-corrected chi connectivity index (χ4v) is 1.70. The Morgan fingerprint density at radius 2 is 1.93 bits per heavy atom. The molecule has 0 radical (unpaired) electrons. The van der Waals surface area contributed by atoms with Gasteiger partial charge in [-0.05, 0) is 25.5 Å². The molecule has 0 unspecified atom stereocenters. The minimum atomic E-state index is 0.361. The summed E-state index contributed by atoms with van der Waals surface area (Å²) in [6.07, 6.45) is 0.361. The fourth-order valence-electron chi connectivity index (χ4n) is 1.70. The van der Waals surface area contributed by atoms with Crippen LogP contribution in [0.2, 0.25) is 0 Å². The van der Waals surface area contributed by atoms with Gasteiger partial charge in [0.25, 0.3) is 0 Å². The summed E-state index contributed by atoms with van der Waals surface area (Å²) in [5.74, 6) is 1.56. The molecular weight excluding hydrogens is 190 g/mol. The van der Waals surface area contributed by atoms with E-state index in [1.807, 2.05) is 19.9 Å². The third kappa shape index (κ3) is 2.04. The summed E-state index contributed by atoms with van der Waals surface area (Å²) in [5, 5.41) is 8.74. The minimum absolute atomic E-state index is 0.361. The van der Waals surface area contributed by atoms with Gasteiger partial charge in [-0.2, -0.15) is 5.26 Å². The topological polar surface area (TPSA) is 42.2 Å². The van der Waals surface area contributed by atoms with Crippen LogP contribution < -0.4 is 9.47 Å². The number of nitriles is 1. The Hall–Kier alpha value is -1.69. The van der Waals surface area contributed by atoms with Crippen LogP contribution in [0.25, 0.3) is 0 Å². The molecule has 1 aromatic rings. The van der Waals surface area contributed by atoms with Crippen LogP contribution in [-0.2, 0) is 6.42 Å². The van der Waals surface area contributed by atoms with E-state index in [1.165, 1.54) is 0 Å². The average molecular weight is 205 g/mol. The number of methoxy groups -OCH3 is 2. The highest BCUT2D eigenvalue weighted by molar-refractivity contribution is 5.54. The summed E-state index contributed by atoms with van der Waals surface area (Å²) in [7, 11) is 3.24. The van der Waals surface area contributed by atoms with Crippen LogP contribution in [0.15, 0.2) is 6.07 Å². The molecule has 0 atom stereocenters. The van der Waals surface area contributed by atoms with Gasteiger partial charge in [-0.15, -0.1) is 0 Å². The normalized spacial score (nSPS) is 9.53. The van der Waals surface area contributed by atoms with Gasteiger partial charge in [0.05, 0.1) is 26.7 Å². The second kappa shape index (κ2) is 4.70. The van der Waals surface area contributed by atoms with Crippen molar-refractivity contribution in [3.8, 4) is 17.6 Å². The van der Waals surface area contributed by atoms with Crippen molar-refractivity contribution in [3.63, 3.8) is 0 Å². The summed E-state index contributed by atoms with van der Waals surface area (Å²) < 4.78 is 10.6. The fraction of sp³-hybridized carbons (Fsp3) is 0.417. The predicted octanol–water partition coefficient (Wildman–Crippen LogP) is 2.39. The van der Waals surface area contributed by atoms with Gasteiger partial charge in [0.1, 0.15) is 11.5 Å². The lowest BCUT2D eigenvalue weighted by molar-refractivity contribution is 0.385. The standard InChI is InChI=1S/C12H15NO2/c1-8-7-11(14-3)9(2)12(15-4)10(8)5-6-13/h7H,5H2,1-4H3. The summed E-state index contributed by atoms with van der Waals surface area (Å²) in [6, 6.07) is 4.08. The van der Waals surface area contributed by atoms with Gasteiger partial charge in [0.2, 0.25) is 0 Å². The van der Waals surface area contributed by atoms with Gasteiger partial charge >= 0.3 is 0 Å². The molecule has 15 heavy (non-hydrogen) atoms. The van der Waals surface area contributed by atoms with E-state index < -0.39 is 0 Å². The van der Waals surface area contributed by atoms with Crippen molar-refractivity contribution in [2.24, 2.45) is 0 Å². The molecule has 0 bridgehead atoms. The third-order valence-corrected chi connectivity index (χ3v) is 2.49. The van der Waals surface area contributed by atoms with Crippen LogP contribution in [-0.4, -0.2) is 14.2 Å². The highest BCUT2D eigenvalue weighted by Crippen LogP contribution is 2.34. The van der Waals surface area contributed by atoms with E-state index in [-0.39, 0.29) is 0 Å². The first-order valence-corrected chi connectivity index (χ1v) is 4.73. The highest BCUT2D eigenvalue weighted by atomic mass is 16.5. The lowest BCUT2D eigenvalue weighted by Crippen LogP contribution is -2.00. The molecule has 0 aromatic heterocycles. The van der Waals surface area contributed by atoms with Crippen LogP contribution >= 0.6 is 0 Å². The van der Waals surface area contributed by atoms with Crippen LogP contribution in [0.3, 0.4) is 0 Å². The van der Waals surface area contributed by atoms with Crippen LogP contribution in [0, 0.1) is 25.2 Å². The quantitative estimate of drug-likeness (QED) is 0.760. The molecule has 0 saturated heterocycles. The maximum absolute atomic E-state index is 8.74. The SMILES string of the molecule is COc1cc(C)c(CC#N)c(OC)c1C. The zero-order chi connectivity index (χ0) is 11.4. The van der Waals surface area contributed by atoms with Gasteiger partial charge in [-0.25, -0.2) is 0 Å². The number of nitrogens with zero attached hydrogens (tertiary/aromatic N) is 1. The molecule has 0 aliphatic heterocycles. The Balaban J connectivity index is 3.40. The van der Waals surface area contributed by atoms with Gasteiger partial charge in [0, 0.05) is 11.1 Å². The van der Waals surface area contributed by atoms with Gasteiger partial charge in [0.15, 0.2) is 0 Å². The smallest absolute Gasteiger partial charge is 0.129 e. The highest BCUT2D eigenvalue weighted by Gasteiger charge is 2.13. The molecular formula is C12H15NO2. The largest absolute Gasteiger partial charge is 0.496 e. The zero-order valence-electron chi connectivity index (χ0n) is 9.55. The lowest BCUT2D eigenvalue weighted by atomic mass is 10.0. The van der Waals surface area contributed by atoms with Crippen molar-refractivity contribution in [2.75, 3.05) is 14.2 Å². The molecule has 3 heteroatoms. The first-order chi connectivity index (χ1) is 7.15. The number of aryl methyl sites for hydroxylation is 1. The number of rotatable bonds is 3. The van der Waals surface area contributed by atoms with Crippen LogP contribution in [0.1, 0.15) is 16.7 Å². The van der Waals surface area contributed by atoms with E-state index in [1.54, 1.807) is 14.2 Å². The van der Waals surface area contributed by atoms with Crippen molar-refractivity contribution >= 4 is 0 Å². The summed E-state index contributed by atoms with van der Waals surface area (Å²) in [6.45, 7) is 3.88. The number of benzene rings is 1. The molecule has 0 spiro atoms. The number of hydrogen-bond acceptors (Lipinski definition) is 3. The number of hydrogen-bond donors (Lipinski definition) is 0. The first kappa shape index (κ1) is 11.4. The Kier molecular flexibility index (Phi) is 3.56. The van der Waals surface area contributed by atoms with E-state index in [2.05, 4.69) is 6.07 Å². The lowest BCUT2D eigenvalue weighted by Gasteiger charge is -2.15. The molecule has 0 aliphatic rings. The van der Waals surface area contributed by atoms with E-state index in [9.17, 15) is 0 Å². The maximum Gasteiger partial charge on any atom is 0.129 e. The average Bonchev–Trinajstić information content (AvgIpc) is 2.23. The second-order valence-electron chi connectivity index (χ2n) is 3.37. The van der Waals surface area contributed by atoms with Crippen molar-refractivity contribution in [1.29, 1.82) is 5.26 Å². The zero-order valence-corrected chi connectivity index (χ0v) is 9.55. The van der Waals surface area contributed by atoms with Crippen molar-refractivity contribution in [3.05, 3.63) is 22.8 Å². The summed E-state index contributed by atoms with van der Waals surface area (Å²) >= 11 is 0. The summed E-state index contributed by atoms with van der Waals surface area (Å²) in [4.78, 5) is 0. The Morgan fingerprint density at radius 3 is 2.40 bits per heavy atom. The van der Waals surface area contributed by atoms with Crippen LogP contribution in [0.4, 0.5) is 0 Å². The molecule has 80 valence electrons. The molecule has 1 aromatic carbocycles. The number of ether oxygens (including phenoxy) is 2. The van der Waals surface area contributed by atoms with Gasteiger partial charge in [-0.1, -0.05) is 0 Å². The van der Waals surface area contributed by atoms with Crippen molar-refractivity contribution < 1.29 is 9.47 Å². The van der Waals surface area contributed by atoms with Crippen LogP contribution in [0.5, 0.6) is 11.5 Å². The van der Waals surface area contributed by atoms with E-state index >= 15 is 0 Å². The monoisotopic (exact) mass is 205 g/mol. The van der Waals surface area contributed by atoms with E-state index in [0.717, 1.165) is 28.2 Å². The maximum atomic E-state index is 8.74. The Bertz CT molecular complexity index is 405. The van der Waals surface area contributed by atoms with E-state index in [4.69, 9.17) is 14.7 Å². The first-order valence-electron chi connectivity index (χ1n) is 4.73. The minimum Gasteiger partial charge on any atom is -0.496 e. The van der Waals surface area contributed by atoms with Crippen molar-refractivity contribution in [2.45, 2.75) is 20.3 Å². The van der Waals surface area contributed by atoms with Crippen molar-refractivity contribution in [1.82, 2.24) is 0 Å². The summed E-state index contributed by atoms with van der Waals surface area (Å²) in [5.41, 5.74) is 2.91. The third-order valence-electron chi connectivity index (χ3n) is 2.49. The molecule has 0 heterocycles. The molecule has 0 saturated carbocycles. The molecule has 1 rings (SSSR count).